The second kappa shape index (κ2) is 7.41. The number of aromatic nitrogens is 2. The van der Waals surface area contributed by atoms with Crippen molar-refractivity contribution in [2.24, 2.45) is 5.10 Å². The van der Waals surface area contributed by atoms with Crippen LogP contribution in [0.1, 0.15) is 17.5 Å². The van der Waals surface area contributed by atoms with Gasteiger partial charge in [-0.2, -0.15) is 5.10 Å². The van der Waals surface area contributed by atoms with Crippen LogP contribution in [0, 0.1) is 6.92 Å². The van der Waals surface area contributed by atoms with Gasteiger partial charge >= 0.3 is 0 Å². The lowest BCUT2D eigenvalue weighted by atomic mass is 10.1. The van der Waals surface area contributed by atoms with Crippen LogP contribution in [0.3, 0.4) is 0 Å². The number of aryl methyl sites for hydroxylation is 2. The van der Waals surface area contributed by atoms with Gasteiger partial charge in [0.15, 0.2) is 0 Å². The Balaban J connectivity index is 1.36. The van der Waals surface area contributed by atoms with E-state index in [0.29, 0.717) is 13.0 Å². The quantitative estimate of drug-likeness (QED) is 0.433. The Morgan fingerprint density at radius 2 is 2.07 bits per heavy atom. The molecule has 0 fully saturated rings. The van der Waals surface area contributed by atoms with E-state index in [4.69, 9.17) is 0 Å². The zero-order valence-corrected chi connectivity index (χ0v) is 15.1. The highest BCUT2D eigenvalue weighted by Gasteiger charge is 2.06. The Morgan fingerprint density at radius 1 is 1.19 bits per heavy atom. The predicted octanol–water partition coefficient (Wildman–Crippen LogP) is 4.04. The van der Waals surface area contributed by atoms with Crippen molar-refractivity contribution in [1.82, 2.24) is 15.0 Å². The molecular weight excluding hydrogens is 336 g/mol. The number of amides is 1. The maximum Gasteiger partial charge on any atom is 0.241 e. The summed E-state index contributed by atoms with van der Waals surface area (Å²) < 4.78 is 2.11. The molecule has 0 bridgehead atoms. The van der Waals surface area contributed by atoms with Crippen molar-refractivity contribution in [3.05, 3.63) is 78.1 Å². The maximum absolute atomic E-state index is 12.1. The molecule has 1 N–H and O–H groups in total. The lowest BCUT2D eigenvalue weighted by Gasteiger charge is -2.04. The topological polar surface area (TPSA) is 59.3 Å². The van der Waals surface area contributed by atoms with E-state index >= 15 is 0 Å². The molecule has 0 spiro atoms. The van der Waals surface area contributed by atoms with Crippen LogP contribution in [-0.2, 0) is 11.3 Å². The molecule has 5 heteroatoms. The van der Waals surface area contributed by atoms with Crippen molar-refractivity contribution in [2.45, 2.75) is 19.9 Å². The third-order valence-corrected chi connectivity index (χ3v) is 4.60. The van der Waals surface area contributed by atoms with E-state index in [1.807, 2.05) is 42.5 Å². The van der Waals surface area contributed by atoms with E-state index in [1.54, 1.807) is 12.4 Å². The van der Waals surface area contributed by atoms with Gasteiger partial charge in [-0.05, 0) is 36.2 Å². The van der Waals surface area contributed by atoms with Crippen molar-refractivity contribution in [2.75, 3.05) is 0 Å². The number of para-hydroxylation sites is 1. The molecule has 5 nitrogen and oxygen atoms in total. The minimum Gasteiger partial charge on any atom is -0.347 e. The average molecular weight is 356 g/mol. The van der Waals surface area contributed by atoms with Crippen LogP contribution in [0.25, 0.3) is 21.8 Å². The van der Waals surface area contributed by atoms with Gasteiger partial charge in [-0.25, -0.2) is 5.43 Å². The number of hydrazone groups is 1. The van der Waals surface area contributed by atoms with Gasteiger partial charge < -0.3 is 4.57 Å². The van der Waals surface area contributed by atoms with Gasteiger partial charge in [0.2, 0.25) is 5.91 Å². The van der Waals surface area contributed by atoms with Crippen molar-refractivity contribution < 1.29 is 4.79 Å². The van der Waals surface area contributed by atoms with Crippen LogP contribution in [0.15, 0.2) is 72.1 Å². The SMILES string of the molecule is Cc1cn(CCC(=O)N/N=C/c2ccc3cccnc3c2)c2ccccc12. The van der Waals surface area contributed by atoms with Crippen molar-refractivity contribution in [3.63, 3.8) is 0 Å². The molecule has 0 radical (unpaired) electrons. The molecule has 2 aromatic carbocycles. The molecule has 4 aromatic rings. The summed E-state index contributed by atoms with van der Waals surface area (Å²) in [6.07, 6.45) is 5.86. The second-order valence-electron chi connectivity index (χ2n) is 6.52. The molecular formula is C22H20N4O. The summed E-state index contributed by atoms with van der Waals surface area (Å²) in [7, 11) is 0. The molecule has 134 valence electrons. The van der Waals surface area contributed by atoms with Crippen molar-refractivity contribution in [3.8, 4) is 0 Å². The summed E-state index contributed by atoms with van der Waals surface area (Å²) in [6.45, 7) is 2.71. The predicted molar refractivity (Wildman–Crippen MR) is 109 cm³/mol. The molecule has 1 amide bonds. The van der Waals surface area contributed by atoms with Gasteiger partial charge in [-0.15, -0.1) is 0 Å². The Bertz CT molecular complexity index is 1140. The fourth-order valence-electron chi connectivity index (χ4n) is 3.24. The van der Waals surface area contributed by atoms with Gasteiger partial charge in [0.1, 0.15) is 0 Å². The van der Waals surface area contributed by atoms with Crippen LogP contribution in [0.4, 0.5) is 0 Å². The van der Waals surface area contributed by atoms with Gasteiger partial charge in [-0.3, -0.25) is 9.78 Å². The Hall–Kier alpha value is -3.47. The first-order chi connectivity index (χ1) is 13.2. The number of nitrogens with one attached hydrogen (secondary N) is 1. The van der Waals surface area contributed by atoms with Gasteiger partial charge in [0.25, 0.3) is 0 Å². The monoisotopic (exact) mass is 356 g/mol. The zero-order chi connectivity index (χ0) is 18.6. The van der Waals surface area contributed by atoms with Gasteiger partial charge in [0, 0.05) is 41.6 Å². The zero-order valence-electron chi connectivity index (χ0n) is 15.1. The Kier molecular flexibility index (Phi) is 4.66. The molecule has 27 heavy (non-hydrogen) atoms. The summed E-state index contributed by atoms with van der Waals surface area (Å²) in [5, 5.41) is 6.37. The number of rotatable bonds is 5. The smallest absolute Gasteiger partial charge is 0.241 e. The maximum atomic E-state index is 12.1. The standard InChI is InChI=1S/C22H20N4O/c1-16-15-26(21-7-3-2-6-19(16)21)12-10-22(27)25-24-14-17-8-9-18-5-4-11-23-20(18)13-17/h2-9,11,13-15H,10,12H2,1H3,(H,25,27)/b24-14+. The molecule has 0 aliphatic rings. The molecule has 0 aliphatic heterocycles. The highest BCUT2D eigenvalue weighted by Crippen LogP contribution is 2.20. The Morgan fingerprint density at radius 3 is 3.00 bits per heavy atom. The average Bonchev–Trinajstić information content (AvgIpc) is 3.02. The first-order valence-corrected chi connectivity index (χ1v) is 8.92. The fraction of sp³-hybridized carbons (Fsp3) is 0.136. The summed E-state index contributed by atoms with van der Waals surface area (Å²) in [5.41, 5.74) is 6.77. The summed E-state index contributed by atoms with van der Waals surface area (Å²) in [6, 6.07) is 18.0. The summed E-state index contributed by atoms with van der Waals surface area (Å²) in [5.74, 6) is -0.111. The molecule has 0 saturated carbocycles. The van der Waals surface area contributed by atoms with Gasteiger partial charge in [-0.1, -0.05) is 36.4 Å². The number of hydrogen-bond donors (Lipinski definition) is 1. The van der Waals surface area contributed by atoms with Crippen LogP contribution in [-0.4, -0.2) is 21.7 Å². The van der Waals surface area contributed by atoms with Crippen molar-refractivity contribution in [1.29, 1.82) is 0 Å². The molecule has 0 aliphatic carbocycles. The van der Waals surface area contributed by atoms with E-state index < -0.39 is 0 Å². The first kappa shape index (κ1) is 17.0. The molecule has 0 atom stereocenters. The largest absolute Gasteiger partial charge is 0.347 e. The van der Waals surface area contributed by atoms with Gasteiger partial charge in [0.05, 0.1) is 11.7 Å². The highest BCUT2D eigenvalue weighted by molar-refractivity contribution is 5.89. The number of nitrogens with zero attached hydrogens (tertiary/aromatic N) is 3. The third kappa shape index (κ3) is 3.72. The van der Waals surface area contributed by atoms with Crippen LogP contribution in [0.5, 0.6) is 0 Å². The summed E-state index contributed by atoms with van der Waals surface area (Å²) in [4.78, 5) is 16.4. The van der Waals surface area contributed by atoms with E-state index in [9.17, 15) is 4.79 Å². The third-order valence-electron chi connectivity index (χ3n) is 4.60. The van der Waals surface area contributed by atoms with Crippen LogP contribution >= 0.6 is 0 Å². The number of carbonyl (C=O) groups is 1. The number of benzene rings is 2. The summed E-state index contributed by atoms with van der Waals surface area (Å²) >= 11 is 0. The number of pyridine rings is 1. The molecule has 0 unspecified atom stereocenters. The number of fused-ring (bicyclic) bond motifs is 2. The van der Waals surface area contributed by atoms with Crippen LogP contribution < -0.4 is 5.43 Å². The number of hydrogen-bond acceptors (Lipinski definition) is 3. The Labute approximate surface area is 157 Å². The first-order valence-electron chi connectivity index (χ1n) is 8.92. The lowest BCUT2D eigenvalue weighted by Crippen LogP contribution is -2.19. The molecule has 2 heterocycles. The van der Waals surface area contributed by atoms with E-state index in [-0.39, 0.29) is 5.91 Å². The second-order valence-corrected chi connectivity index (χ2v) is 6.52. The van der Waals surface area contributed by atoms with E-state index in [1.165, 1.54) is 10.9 Å². The minimum absolute atomic E-state index is 0.111. The molecule has 2 aromatic heterocycles. The minimum atomic E-state index is -0.111. The lowest BCUT2D eigenvalue weighted by molar-refractivity contribution is -0.121. The fourth-order valence-corrected chi connectivity index (χ4v) is 3.24. The molecule has 4 rings (SSSR count). The number of carbonyl (C=O) groups excluding carboxylic acids is 1. The van der Waals surface area contributed by atoms with Crippen molar-refractivity contribution >= 4 is 33.9 Å². The van der Waals surface area contributed by atoms with Crippen LogP contribution in [0.2, 0.25) is 0 Å². The van der Waals surface area contributed by atoms with E-state index in [2.05, 4.69) is 45.3 Å². The highest BCUT2D eigenvalue weighted by atomic mass is 16.2. The molecule has 0 saturated heterocycles. The van der Waals surface area contributed by atoms with E-state index in [0.717, 1.165) is 22.0 Å². The normalized spacial score (nSPS) is 11.4.